The van der Waals surface area contributed by atoms with E-state index in [1.807, 2.05) is 35.7 Å². The van der Waals surface area contributed by atoms with Crippen LogP contribution in [-0.2, 0) is 11.3 Å². The van der Waals surface area contributed by atoms with Crippen LogP contribution in [0.5, 0.6) is 0 Å². The van der Waals surface area contributed by atoms with Gasteiger partial charge in [0.1, 0.15) is 0 Å². The molecule has 1 aliphatic rings. The van der Waals surface area contributed by atoms with Crippen molar-refractivity contribution in [3.8, 4) is 11.3 Å². The first-order chi connectivity index (χ1) is 13.6. The first-order valence-corrected chi connectivity index (χ1v) is 9.48. The fourth-order valence-corrected chi connectivity index (χ4v) is 3.62. The average molecular weight is 392 g/mol. The molecule has 4 amide bonds. The number of rotatable bonds is 5. The molecule has 0 bridgehead atoms. The Labute approximate surface area is 165 Å². The number of hydrogen-bond donors (Lipinski definition) is 2. The second kappa shape index (κ2) is 7.61. The third kappa shape index (κ3) is 3.63. The minimum Gasteiger partial charge on any atom is -0.329 e. The van der Waals surface area contributed by atoms with Crippen LogP contribution in [0.4, 0.5) is 9.93 Å². The number of carbonyl (C=O) groups excluding carboxylic acids is 3. The maximum Gasteiger partial charge on any atom is 0.324 e. The molecule has 0 saturated carbocycles. The number of thiazole rings is 1. The molecule has 0 unspecified atom stereocenters. The second-order valence-corrected chi connectivity index (χ2v) is 7.01. The number of benzene rings is 2. The van der Waals surface area contributed by atoms with Crippen molar-refractivity contribution in [2.24, 2.45) is 0 Å². The standard InChI is InChI=1S/C20H16N4O3S/c25-17-10-21-20(27)24(17)11-14-8-4-5-9-15(14)18(26)23-19-22-16(12-28-19)13-6-2-1-3-7-13/h1-9,12H,10-11H2,(H,21,27)(H,22,23,26). The van der Waals surface area contributed by atoms with Crippen LogP contribution in [0.15, 0.2) is 60.0 Å². The topological polar surface area (TPSA) is 91.4 Å². The van der Waals surface area contributed by atoms with E-state index >= 15 is 0 Å². The monoisotopic (exact) mass is 392 g/mol. The average Bonchev–Trinajstić information content (AvgIpc) is 3.31. The molecule has 1 aromatic heterocycles. The van der Waals surface area contributed by atoms with Crippen LogP contribution >= 0.6 is 11.3 Å². The van der Waals surface area contributed by atoms with E-state index in [0.29, 0.717) is 16.3 Å². The number of carbonyl (C=O) groups is 3. The van der Waals surface area contributed by atoms with Crippen molar-refractivity contribution < 1.29 is 14.4 Å². The van der Waals surface area contributed by atoms with Gasteiger partial charge in [-0.2, -0.15) is 0 Å². The lowest BCUT2D eigenvalue weighted by atomic mass is 10.1. The van der Waals surface area contributed by atoms with Crippen LogP contribution in [-0.4, -0.2) is 34.3 Å². The molecule has 4 rings (SSSR count). The van der Waals surface area contributed by atoms with E-state index in [9.17, 15) is 14.4 Å². The maximum absolute atomic E-state index is 12.8. The van der Waals surface area contributed by atoms with Crippen LogP contribution in [0.1, 0.15) is 15.9 Å². The molecule has 0 spiro atoms. The van der Waals surface area contributed by atoms with Gasteiger partial charge in [0.15, 0.2) is 5.13 Å². The van der Waals surface area contributed by atoms with E-state index in [1.165, 1.54) is 11.3 Å². The molecule has 0 radical (unpaired) electrons. The molecular weight excluding hydrogens is 376 g/mol. The van der Waals surface area contributed by atoms with Crippen molar-refractivity contribution in [2.75, 3.05) is 11.9 Å². The Morgan fingerprint density at radius 2 is 1.86 bits per heavy atom. The van der Waals surface area contributed by atoms with Gasteiger partial charge in [0.05, 0.1) is 18.8 Å². The third-order valence-electron chi connectivity index (χ3n) is 4.32. The largest absolute Gasteiger partial charge is 0.329 e. The second-order valence-electron chi connectivity index (χ2n) is 6.15. The van der Waals surface area contributed by atoms with E-state index in [4.69, 9.17) is 0 Å². The Morgan fingerprint density at radius 1 is 1.11 bits per heavy atom. The third-order valence-corrected chi connectivity index (χ3v) is 5.08. The number of hydrogen-bond acceptors (Lipinski definition) is 5. The number of urea groups is 1. The molecule has 2 heterocycles. The summed E-state index contributed by atoms with van der Waals surface area (Å²) >= 11 is 1.34. The van der Waals surface area contributed by atoms with Crippen molar-refractivity contribution in [3.05, 3.63) is 71.1 Å². The summed E-state index contributed by atoms with van der Waals surface area (Å²) in [4.78, 5) is 41.9. The molecule has 1 aliphatic heterocycles. The lowest BCUT2D eigenvalue weighted by molar-refractivity contribution is -0.125. The van der Waals surface area contributed by atoms with Gasteiger partial charge in [-0.25, -0.2) is 9.78 Å². The van der Waals surface area contributed by atoms with Crippen LogP contribution in [0, 0.1) is 0 Å². The molecule has 140 valence electrons. The van der Waals surface area contributed by atoms with E-state index in [0.717, 1.165) is 16.2 Å². The lowest BCUT2D eigenvalue weighted by Crippen LogP contribution is -2.31. The number of amides is 4. The summed E-state index contributed by atoms with van der Waals surface area (Å²) in [5.74, 6) is -0.649. The minimum absolute atomic E-state index is 0.0193. The highest BCUT2D eigenvalue weighted by Crippen LogP contribution is 2.25. The number of anilines is 1. The number of imide groups is 1. The minimum atomic E-state index is -0.451. The Hall–Kier alpha value is -3.52. The van der Waals surface area contributed by atoms with Gasteiger partial charge in [0, 0.05) is 16.5 Å². The molecule has 8 heteroatoms. The molecule has 0 aliphatic carbocycles. The predicted octanol–water partition coefficient (Wildman–Crippen LogP) is 3.11. The zero-order valence-corrected chi connectivity index (χ0v) is 15.5. The van der Waals surface area contributed by atoms with Crippen molar-refractivity contribution in [2.45, 2.75) is 6.54 Å². The lowest BCUT2D eigenvalue weighted by Gasteiger charge is -2.15. The summed E-state index contributed by atoms with van der Waals surface area (Å²) in [6, 6.07) is 16.1. The summed E-state index contributed by atoms with van der Waals surface area (Å²) in [6.45, 7) is 0.0238. The molecule has 3 aromatic rings. The van der Waals surface area contributed by atoms with Gasteiger partial charge in [-0.3, -0.25) is 19.8 Å². The summed E-state index contributed by atoms with van der Waals surface area (Å²) in [7, 11) is 0. The molecule has 7 nitrogen and oxygen atoms in total. The maximum atomic E-state index is 12.8. The van der Waals surface area contributed by atoms with Crippen LogP contribution in [0.25, 0.3) is 11.3 Å². The van der Waals surface area contributed by atoms with E-state index < -0.39 is 6.03 Å². The highest BCUT2D eigenvalue weighted by Gasteiger charge is 2.29. The van der Waals surface area contributed by atoms with Crippen molar-refractivity contribution in [1.82, 2.24) is 15.2 Å². The van der Waals surface area contributed by atoms with E-state index in [-0.39, 0.29) is 24.9 Å². The Balaban J connectivity index is 1.52. The Kier molecular flexibility index (Phi) is 4.86. The summed E-state index contributed by atoms with van der Waals surface area (Å²) in [6.07, 6.45) is 0. The molecule has 2 N–H and O–H groups in total. The fourth-order valence-electron chi connectivity index (χ4n) is 2.90. The quantitative estimate of drug-likeness (QED) is 0.653. The molecule has 28 heavy (non-hydrogen) atoms. The highest BCUT2D eigenvalue weighted by atomic mass is 32.1. The predicted molar refractivity (Wildman–Crippen MR) is 106 cm³/mol. The van der Waals surface area contributed by atoms with Crippen LogP contribution < -0.4 is 10.6 Å². The molecular formula is C20H16N4O3S. The van der Waals surface area contributed by atoms with Gasteiger partial charge in [-0.1, -0.05) is 48.5 Å². The smallest absolute Gasteiger partial charge is 0.324 e. The summed E-state index contributed by atoms with van der Waals surface area (Å²) in [5.41, 5.74) is 2.74. The van der Waals surface area contributed by atoms with Crippen molar-refractivity contribution in [3.63, 3.8) is 0 Å². The first-order valence-electron chi connectivity index (χ1n) is 8.60. The van der Waals surface area contributed by atoms with Crippen LogP contribution in [0.3, 0.4) is 0 Å². The van der Waals surface area contributed by atoms with Crippen molar-refractivity contribution in [1.29, 1.82) is 0 Å². The normalized spacial score (nSPS) is 13.5. The van der Waals surface area contributed by atoms with E-state index in [1.54, 1.807) is 24.3 Å². The van der Waals surface area contributed by atoms with Gasteiger partial charge < -0.3 is 5.32 Å². The molecule has 1 saturated heterocycles. The fraction of sp³-hybridized carbons (Fsp3) is 0.100. The first kappa shape index (κ1) is 17.9. The molecule has 2 aromatic carbocycles. The number of nitrogens with zero attached hydrogens (tertiary/aromatic N) is 2. The highest BCUT2D eigenvalue weighted by molar-refractivity contribution is 7.14. The summed E-state index contributed by atoms with van der Waals surface area (Å²) < 4.78 is 0. The number of nitrogens with one attached hydrogen (secondary N) is 2. The van der Waals surface area contributed by atoms with Gasteiger partial charge in [0.25, 0.3) is 5.91 Å². The number of aromatic nitrogens is 1. The zero-order chi connectivity index (χ0) is 19.5. The molecule has 1 fully saturated rings. The Morgan fingerprint density at radius 3 is 2.61 bits per heavy atom. The summed E-state index contributed by atoms with van der Waals surface area (Å²) in [5, 5.41) is 7.63. The van der Waals surface area contributed by atoms with E-state index in [2.05, 4.69) is 15.6 Å². The van der Waals surface area contributed by atoms with Gasteiger partial charge in [-0.15, -0.1) is 11.3 Å². The van der Waals surface area contributed by atoms with Gasteiger partial charge >= 0.3 is 6.03 Å². The van der Waals surface area contributed by atoms with Gasteiger partial charge in [0.2, 0.25) is 5.91 Å². The van der Waals surface area contributed by atoms with Crippen LogP contribution in [0.2, 0.25) is 0 Å². The molecule has 0 atom stereocenters. The zero-order valence-electron chi connectivity index (χ0n) is 14.7. The SMILES string of the molecule is O=C(Nc1nc(-c2ccccc2)cs1)c1ccccc1CN1C(=O)CNC1=O. The van der Waals surface area contributed by atoms with Crippen molar-refractivity contribution >= 4 is 34.3 Å². The van der Waals surface area contributed by atoms with Gasteiger partial charge in [-0.05, 0) is 11.6 Å². The Bertz CT molecular complexity index is 1030.